The van der Waals surface area contributed by atoms with E-state index in [1.165, 1.54) is 0 Å². The number of methoxy groups -OCH3 is 2. The molecule has 1 atom stereocenters. The van der Waals surface area contributed by atoms with Gasteiger partial charge in [-0.05, 0) is 12.5 Å². The molecule has 0 unspecified atom stereocenters. The average Bonchev–Trinajstić information content (AvgIpc) is 2.35. The molecule has 16 heavy (non-hydrogen) atoms. The first-order valence-electron chi connectivity index (χ1n) is 5.21. The Balaban J connectivity index is 2.73. The molecule has 0 amide bonds. The van der Waals surface area contributed by atoms with Gasteiger partial charge in [-0.2, -0.15) is 0 Å². The summed E-state index contributed by atoms with van der Waals surface area (Å²) in [6.07, 6.45) is 2.22. The summed E-state index contributed by atoms with van der Waals surface area (Å²) in [4.78, 5) is 0. The molecule has 0 aromatic heterocycles. The van der Waals surface area contributed by atoms with Crippen LogP contribution in [0.5, 0.6) is 5.75 Å². The Bertz CT molecular complexity index is 323. The fourth-order valence-corrected chi connectivity index (χ4v) is 1.40. The highest BCUT2D eigenvalue weighted by Gasteiger charge is 2.14. The number of ether oxygens (including phenoxy) is 3. The van der Waals surface area contributed by atoms with Gasteiger partial charge in [-0.15, -0.1) is 6.58 Å². The van der Waals surface area contributed by atoms with Crippen molar-refractivity contribution in [1.82, 2.24) is 0 Å². The molecule has 0 spiro atoms. The van der Waals surface area contributed by atoms with E-state index in [1.54, 1.807) is 14.2 Å². The van der Waals surface area contributed by atoms with Crippen molar-refractivity contribution in [3.8, 4) is 5.75 Å². The summed E-state index contributed by atoms with van der Waals surface area (Å²) in [5.41, 5.74) is 0.900. The second-order valence-electron chi connectivity index (χ2n) is 3.26. The van der Waals surface area contributed by atoms with E-state index in [4.69, 9.17) is 14.2 Å². The third kappa shape index (κ3) is 3.36. The van der Waals surface area contributed by atoms with Gasteiger partial charge in [-0.1, -0.05) is 24.3 Å². The molecule has 1 rings (SSSR count). The number of benzene rings is 1. The van der Waals surface area contributed by atoms with Crippen molar-refractivity contribution in [1.29, 1.82) is 0 Å². The van der Waals surface area contributed by atoms with Crippen molar-refractivity contribution in [3.05, 3.63) is 42.5 Å². The molecule has 3 nitrogen and oxygen atoms in total. The molecular weight excluding hydrogens is 204 g/mol. The molecule has 1 aromatic carbocycles. The first-order chi connectivity index (χ1) is 7.83. The molecule has 3 heteroatoms. The molecule has 0 aliphatic heterocycles. The van der Waals surface area contributed by atoms with Crippen LogP contribution in [0.3, 0.4) is 0 Å². The standard InChI is InChI=1S/C13H18O3/c1-4-5-10-16-13(15-3)11-8-6-7-9-12(11)14-2/h4,6-9,13H,1,5,10H2,2-3H3/t13-/m1/s1. The van der Waals surface area contributed by atoms with E-state index in [1.807, 2.05) is 30.3 Å². The Morgan fingerprint density at radius 3 is 2.69 bits per heavy atom. The lowest BCUT2D eigenvalue weighted by Crippen LogP contribution is -2.08. The highest BCUT2D eigenvalue weighted by molar-refractivity contribution is 5.34. The normalized spacial score (nSPS) is 12.1. The molecule has 0 radical (unpaired) electrons. The Kier molecular flexibility index (Phi) is 5.61. The van der Waals surface area contributed by atoms with Gasteiger partial charge in [0.15, 0.2) is 6.29 Å². The second kappa shape index (κ2) is 7.04. The van der Waals surface area contributed by atoms with Crippen LogP contribution in [-0.2, 0) is 9.47 Å². The zero-order valence-electron chi connectivity index (χ0n) is 9.81. The summed E-state index contributed by atoms with van der Waals surface area (Å²) in [6, 6.07) is 7.67. The van der Waals surface area contributed by atoms with Crippen molar-refractivity contribution in [2.24, 2.45) is 0 Å². The Labute approximate surface area is 96.6 Å². The lowest BCUT2D eigenvalue weighted by molar-refractivity contribution is -0.127. The minimum Gasteiger partial charge on any atom is -0.496 e. The van der Waals surface area contributed by atoms with Crippen LogP contribution in [0.25, 0.3) is 0 Å². The number of rotatable bonds is 7. The third-order valence-corrected chi connectivity index (χ3v) is 2.20. The summed E-state index contributed by atoms with van der Waals surface area (Å²) in [5.74, 6) is 0.771. The molecule has 0 aliphatic carbocycles. The van der Waals surface area contributed by atoms with Crippen LogP contribution in [0.1, 0.15) is 18.3 Å². The van der Waals surface area contributed by atoms with Gasteiger partial charge in [-0.25, -0.2) is 0 Å². The van der Waals surface area contributed by atoms with Gasteiger partial charge in [0.25, 0.3) is 0 Å². The number of hydrogen-bond donors (Lipinski definition) is 0. The van der Waals surface area contributed by atoms with Crippen LogP contribution in [0, 0.1) is 0 Å². The van der Waals surface area contributed by atoms with E-state index in [-0.39, 0.29) is 0 Å². The van der Waals surface area contributed by atoms with Crippen LogP contribution in [-0.4, -0.2) is 20.8 Å². The molecule has 0 heterocycles. The SMILES string of the molecule is C=CCCO[C@@H](OC)c1ccccc1OC. The van der Waals surface area contributed by atoms with Crippen molar-refractivity contribution in [3.63, 3.8) is 0 Å². The maximum absolute atomic E-state index is 5.59. The first-order valence-corrected chi connectivity index (χ1v) is 5.21. The smallest absolute Gasteiger partial charge is 0.187 e. The largest absolute Gasteiger partial charge is 0.496 e. The van der Waals surface area contributed by atoms with Crippen molar-refractivity contribution >= 4 is 0 Å². The van der Waals surface area contributed by atoms with Gasteiger partial charge in [0, 0.05) is 12.7 Å². The van der Waals surface area contributed by atoms with Gasteiger partial charge < -0.3 is 14.2 Å². The van der Waals surface area contributed by atoms with Gasteiger partial charge in [0.05, 0.1) is 13.7 Å². The summed E-state index contributed by atoms with van der Waals surface area (Å²) in [6.45, 7) is 4.23. The minimum atomic E-state index is -0.393. The minimum absolute atomic E-state index is 0.393. The van der Waals surface area contributed by atoms with Crippen LogP contribution >= 0.6 is 0 Å². The number of para-hydroxylation sites is 1. The summed E-state index contributed by atoms with van der Waals surface area (Å²) < 4.78 is 16.1. The zero-order chi connectivity index (χ0) is 11.8. The molecule has 0 N–H and O–H groups in total. The van der Waals surface area contributed by atoms with Crippen molar-refractivity contribution < 1.29 is 14.2 Å². The van der Waals surface area contributed by atoms with Crippen molar-refractivity contribution in [2.75, 3.05) is 20.8 Å². The molecule has 1 aromatic rings. The van der Waals surface area contributed by atoms with Gasteiger partial charge in [-0.3, -0.25) is 0 Å². The summed E-state index contributed by atoms with van der Waals surface area (Å²) in [5, 5.41) is 0. The molecule has 0 fully saturated rings. The van der Waals surface area contributed by atoms with Crippen LogP contribution in [0.4, 0.5) is 0 Å². The van der Waals surface area contributed by atoms with E-state index >= 15 is 0 Å². The maximum atomic E-state index is 5.59. The van der Waals surface area contributed by atoms with Gasteiger partial charge in [0.1, 0.15) is 5.75 Å². The van der Waals surface area contributed by atoms with Crippen LogP contribution in [0.15, 0.2) is 36.9 Å². The predicted molar refractivity (Wildman–Crippen MR) is 63.5 cm³/mol. The monoisotopic (exact) mass is 222 g/mol. The van der Waals surface area contributed by atoms with E-state index in [0.29, 0.717) is 6.61 Å². The highest BCUT2D eigenvalue weighted by Crippen LogP contribution is 2.27. The van der Waals surface area contributed by atoms with Crippen LogP contribution in [0.2, 0.25) is 0 Å². The topological polar surface area (TPSA) is 27.7 Å². The van der Waals surface area contributed by atoms with Crippen LogP contribution < -0.4 is 4.74 Å². The second-order valence-corrected chi connectivity index (χ2v) is 3.26. The quantitative estimate of drug-likeness (QED) is 0.403. The molecule has 88 valence electrons. The lowest BCUT2D eigenvalue weighted by atomic mass is 10.2. The number of hydrogen-bond acceptors (Lipinski definition) is 3. The van der Waals surface area contributed by atoms with E-state index in [9.17, 15) is 0 Å². The first kappa shape index (κ1) is 12.7. The molecule has 0 bridgehead atoms. The maximum Gasteiger partial charge on any atom is 0.187 e. The molecule has 0 saturated heterocycles. The fourth-order valence-electron chi connectivity index (χ4n) is 1.40. The highest BCUT2D eigenvalue weighted by atomic mass is 16.7. The zero-order valence-corrected chi connectivity index (χ0v) is 9.81. The molecule has 0 saturated carbocycles. The molecule has 0 aliphatic rings. The van der Waals surface area contributed by atoms with Crippen molar-refractivity contribution in [2.45, 2.75) is 12.7 Å². The summed E-state index contributed by atoms with van der Waals surface area (Å²) in [7, 11) is 3.25. The average molecular weight is 222 g/mol. The van der Waals surface area contributed by atoms with Gasteiger partial charge >= 0.3 is 0 Å². The lowest BCUT2D eigenvalue weighted by Gasteiger charge is -2.18. The predicted octanol–water partition coefficient (Wildman–Crippen LogP) is 2.93. The van der Waals surface area contributed by atoms with E-state index in [2.05, 4.69) is 6.58 Å². The fraction of sp³-hybridized carbons (Fsp3) is 0.385. The van der Waals surface area contributed by atoms with E-state index < -0.39 is 6.29 Å². The van der Waals surface area contributed by atoms with Gasteiger partial charge in [0.2, 0.25) is 0 Å². The molecular formula is C13H18O3. The Morgan fingerprint density at radius 1 is 1.31 bits per heavy atom. The van der Waals surface area contributed by atoms with E-state index in [0.717, 1.165) is 17.7 Å². The third-order valence-electron chi connectivity index (χ3n) is 2.20. The summed E-state index contributed by atoms with van der Waals surface area (Å²) >= 11 is 0. The Morgan fingerprint density at radius 2 is 2.06 bits per heavy atom. The Hall–Kier alpha value is -1.32.